The van der Waals surface area contributed by atoms with E-state index in [1.54, 1.807) is 28.0 Å². The largest absolute Gasteiger partial charge is 0.352 e. The van der Waals surface area contributed by atoms with Crippen molar-refractivity contribution in [3.05, 3.63) is 21.9 Å². The smallest absolute Gasteiger partial charge is 0.239 e. The van der Waals surface area contributed by atoms with Crippen molar-refractivity contribution in [1.82, 2.24) is 10.2 Å². The van der Waals surface area contributed by atoms with Gasteiger partial charge in [-0.25, -0.2) is 0 Å². The summed E-state index contributed by atoms with van der Waals surface area (Å²) in [5, 5.41) is 4.99. The molecule has 0 radical (unpaired) electrons. The standard InChI is InChI=1S/C13H16N2O2S2/c1-8-4-5-18-12(8)13-15(11(17)7-19-13)6-10(16)14-9-2-3-9/h4-5,9,13H,2-3,6-7H2,1H3,(H,14,16)/t13-/m0/s1. The van der Waals surface area contributed by atoms with E-state index in [9.17, 15) is 9.59 Å². The first-order chi connectivity index (χ1) is 9.15. The molecule has 2 amide bonds. The number of hydrogen-bond donors (Lipinski definition) is 1. The van der Waals surface area contributed by atoms with Crippen LogP contribution < -0.4 is 5.32 Å². The Bertz CT molecular complexity index is 510. The fourth-order valence-electron chi connectivity index (χ4n) is 2.14. The number of thiophene rings is 1. The molecule has 1 saturated carbocycles. The highest BCUT2D eigenvalue weighted by atomic mass is 32.2. The first kappa shape index (κ1) is 13.0. The van der Waals surface area contributed by atoms with Crippen LogP contribution in [-0.4, -0.2) is 35.1 Å². The van der Waals surface area contributed by atoms with Crippen LogP contribution in [0.25, 0.3) is 0 Å². The number of rotatable bonds is 4. The quantitative estimate of drug-likeness (QED) is 0.923. The first-order valence-corrected chi connectivity index (χ1v) is 8.32. The van der Waals surface area contributed by atoms with Crippen molar-refractivity contribution in [3.8, 4) is 0 Å². The number of aryl methyl sites for hydroxylation is 1. The lowest BCUT2D eigenvalue weighted by atomic mass is 10.2. The highest BCUT2D eigenvalue weighted by Crippen LogP contribution is 2.42. The van der Waals surface area contributed by atoms with Gasteiger partial charge in [-0.15, -0.1) is 23.1 Å². The molecule has 1 aliphatic carbocycles. The van der Waals surface area contributed by atoms with E-state index >= 15 is 0 Å². The Hall–Kier alpha value is -1.01. The van der Waals surface area contributed by atoms with Crippen LogP contribution in [0.15, 0.2) is 11.4 Å². The van der Waals surface area contributed by atoms with E-state index in [-0.39, 0.29) is 23.7 Å². The third-order valence-corrected chi connectivity index (χ3v) is 5.79. The molecule has 1 aliphatic heterocycles. The second-order valence-corrected chi connectivity index (χ2v) is 7.01. The van der Waals surface area contributed by atoms with Crippen molar-refractivity contribution < 1.29 is 9.59 Å². The molecule has 4 nitrogen and oxygen atoms in total. The summed E-state index contributed by atoms with van der Waals surface area (Å²) in [6.45, 7) is 2.24. The molecule has 2 aliphatic rings. The van der Waals surface area contributed by atoms with Crippen molar-refractivity contribution in [3.63, 3.8) is 0 Å². The van der Waals surface area contributed by atoms with Gasteiger partial charge >= 0.3 is 0 Å². The van der Waals surface area contributed by atoms with E-state index in [1.807, 2.05) is 5.38 Å². The molecule has 19 heavy (non-hydrogen) atoms. The minimum atomic E-state index is -0.0300. The van der Waals surface area contributed by atoms with Gasteiger partial charge in [0.1, 0.15) is 11.9 Å². The molecule has 3 rings (SSSR count). The highest BCUT2D eigenvalue weighted by molar-refractivity contribution is 8.00. The van der Waals surface area contributed by atoms with Gasteiger partial charge in [0, 0.05) is 10.9 Å². The van der Waals surface area contributed by atoms with Crippen LogP contribution in [0.2, 0.25) is 0 Å². The normalized spacial score (nSPS) is 22.9. The van der Waals surface area contributed by atoms with Gasteiger partial charge in [-0.05, 0) is 36.8 Å². The molecule has 102 valence electrons. The van der Waals surface area contributed by atoms with Gasteiger partial charge in [0.15, 0.2) is 0 Å². The van der Waals surface area contributed by atoms with E-state index in [1.165, 1.54) is 10.4 Å². The van der Waals surface area contributed by atoms with Crippen molar-refractivity contribution in [1.29, 1.82) is 0 Å². The van der Waals surface area contributed by atoms with Crippen molar-refractivity contribution in [2.24, 2.45) is 0 Å². The van der Waals surface area contributed by atoms with Crippen molar-refractivity contribution in [2.75, 3.05) is 12.3 Å². The third-order valence-electron chi connectivity index (χ3n) is 3.35. The number of hydrogen-bond acceptors (Lipinski definition) is 4. The van der Waals surface area contributed by atoms with Crippen molar-refractivity contribution >= 4 is 34.9 Å². The highest BCUT2D eigenvalue weighted by Gasteiger charge is 2.36. The van der Waals surface area contributed by atoms with Crippen LogP contribution in [0, 0.1) is 6.92 Å². The summed E-state index contributed by atoms with van der Waals surface area (Å²) in [6.07, 6.45) is 2.14. The van der Waals surface area contributed by atoms with Crippen LogP contribution in [0.4, 0.5) is 0 Å². The summed E-state index contributed by atoms with van der Waals surface area (Å²) in [6, 6.07) is 2.41. The second kappa shape index (κ2) is 5.17. The fraction of sp³-hybridized carbons (Fsp3) is 0.538. The van der Waals surface area contributed by atoms with E-state index < -0.39 is 0 Å². The topological polar surface area (TPSA) is 49.4 Å². The fourth-order valence-corrected chi connectivity index (χ4v) is 4.60. The first-order valence-electron chi connectivity index (χ1n) is 6.39. The zero-order valence-electron chi connectivity index (χ0n) is 10.7. The molecule has 0 unspecified atom stereocenters. The van der Waals surface area contributed by atoms with E-state index in [2.05, 4.69) is 18.3 Å². The van der Waals surface area contributed by atoms with Gasteiger partial charge in [0.05, 0.1) is 5.75 Å². The maximum atomic E-state index is 12.0. The van der Waals surface area contributed by atoms with Crippen LogP contribution in [0.1, 0.15) is 28.7 Å². The summed E-state index contributed by atoms with van der Waals surface area (Å²) in [5.74, 6) is 0.505. The lowest BCUT2D eigenvalue weighted by Crippen LogP contribution is -2.40. The number of nitrogens with one attached hydrogen (secondary N) is 1. The predicted molar refractivity (Wildman–Crippen MR) is 77.1 cm³/mol. The van der Waals surface area contributed by atoms with Crippen LogP contribution in [0.5, 0.6) is 0 Å². The van der Waals surface area contributed by atoms with Crippen molar-refractivity contribution in [2.45, 2.75) is 31.2 Å². The maximum Gasteiger partial charge on any atom is 0.239 e. The van der Waals surface area contributed by atoms with E-state index in [4.69, 9.17) is 0 Å². The monoisotopic (exact) mass is 296 g/mol. The molecule has 0 aromatic carbocycles. The molecular formula is C13H16N2O2S2. The van der Waals surface area contributed by atoms with Crippen LogP contribution >= 0.6 is 23.1 Å². The zero-order chi connectivity index (χ0) is 13.4. The molecule has 1 N–H and O–H groups in total. The van der Waals surface area contributed by atoms with Gasteiger partial charge in [-0.2, -0.15) is 0 Å². The summed E-state index contributed by atoms with van der Waals surface area (Å²) < 4.78 is 0. The van der Waals surface area contributed by atoms with Crippen LogP contribution in [0.3, 0.4) is 0 Å². The lowest BCUT2D eigenvalue weighted by Gasteiger charge is -2.23. The number of carbonyl (C=O) groups excluding carboxylic acids is 2. The second-order valence-electron chi connectivity index (χ2n) is 4.99. The minimum Gasteiger partial charge on any atom is -0.352 e. The molecule has 1 saturated heterocycles. The number of nitrogens with zero attached hydrogens (tertiary/aromatic N) is 1. The van der Waals surface area contributed by atoms with Gasteiger partial charge in [0.25, 0.3) is 0 Å². The third kappa shape index (κ3) is 2.79. The Kier molecular flexibility index (Phi) is 3.54. The maximum absolute atomic E-state index is 12.0. The average molecular weight is 296 g/mol. The summed E-state index contributed by atoms with van der Waals surface area (Å²) in [7, 11) is 0. The lowest BCUT2D eigenvalue weighted by molar-refractivity contribution is -0.133. The zero-order valence-corrected chi connectivity index (χ0v) is 12.4. The van der Waals surface area contributed by atoms with Gasteiger partial charge in [-0.3, -0.25) is 9.59 Å². The molecule has 1 aromatic rings. The molecule has 6 heteroatoms. The van der Waals surface area contributed by atoms with Gasteiger partial charge < -0.3 is 10.2 Å². The Morgan fingerprint density at radius 2 is 2.32 bits per heavy atom. The van der Waals surface area contributed by atoms with Gasteiger partial charge in [-0.1, -0.05) is 0 Å². The Morgan fingerprint density at radius 3 is 2.95 bits per heavy atom. The molecule has 0 bridgehead atoms. The predicted octanol–water partition coefficient (Wildman–Crippen LogP) is 1.91. The number of carbonyl (C=O) groups is 2. The summed E-state index contributed by atoms with van der Waals surface area (Å²) in [5.41, 5.74) is 1.20. The Labute approximate surface area is 120 Å². The molecule has 0 spiro atoms. The molecule has 1 atom stereocenters. The minimum absolute atomic E-state index is 0.0115. The molecular weight excluding hydrogens is 280 g/mol. The number of thioether (sulfide) groups is 1. The summed E-state index contributed by atoms with van der Waals surface area (Å²) in [4.78, 5) is 26.7. The van der Waals surface area contributed by atoms with E-state index in [0.29, 0.717) is 11.8 Å². The summed E-state index contributed by atoms with van der Waals surface area (Å²) >= 11 is 3.27. The van der Waals surface area contributed by atoms with Crippen LogP contribution in [-0.2, 0) is 9.59 Å². The van der Waals surface area contributed by atoms with E-state index in [0.717, 1.165) is 12.8 Å². The Morgan fingerprint density at radius 1 is 1.53 bits per heavy atom. The molecule has 2 fully saturated rings. The number of amides is 2. The average Bonchev–Trinajstić information content (AvgIpc) is 2.97. The molecule has 1 aromatic heterocycles. The SMILES string of the molecule is Cc1ccsc1[C@@H]1SCC(=O)N1CC(=O)NC1CC1. The molecule has 2 heterocycles. The van der Waals surface area contributed by atoms with Gasteiger partial charge in [0.2, 0.25) is 11.8 Å². The Balaban J connectivity index is 1.71.